The number of fused-ring (bicyclic) bond motifs is 1. The minimum atomic E-state index is -4.56. The molecule has 0 amide bonds. The van der Waals surface area contributed by atoms with E-state index in [2.05, 4.69) is 15.2 Å². The quantitative estimate of drug-likeness (QED) is 0.757. The molecule has 0 saturated carbocycles. The number of anilines is 1. The van der Waals surface area contributed by atoms with E-state index in [9.17, 15) is 17.6 Å². The second-order valence-electron chi connectivity index (χ2n) is 4.47. The summed E-state index contributed by atoms with van der Waals surface area (Å²) >= 11 is 5.62. The zero-order chi connectivity index (χ0) is 15.2. The summed E-state index contributed by atoms with van der Waals surface area (Å²) in [5.41, 5.74) is 0. The maximum absolute atomic E-state index is 13.8. The first-order chi connectivity index (χ1) is 9.86. The first-order valence-corrected chi connectivity index (χ1v) is 6.29. The Morgan fingerprint density at radius 2 is 1.95 bits per heavy atom. The first kappa shape index (κ1) is 14.1. The van der Waals surface area contributed by atoms with E-state index in [-0.39, 0.29) is 36.3 Å². The largest absolute Gasteiger partial charge is 0.451 e. The molecule has 2 aromatic heterocycles. The highest BCUT2D eigenvalue weighted by Gasteiger charge is 2.39. The number of hydrogen-bond acceptors (Lipinski definition) is 4. The molecule has 0 unspecified atom stereocenters. The molecular formula is C11H8ClF4N5. The van der Waals surface area contributed by atoms with Gasteiger partial charge in [-0.05, 0) is 6.07 Å². The Labute approximate surface area is 121 Å². The molecule has 1 aliphatic heterocycles. The molecule has 5 nitrogen and oxygen atoms in total. The van der Waals surface area contributed by atoms with Crippen molar-refractivity contribution in [3.63, 3.8) is 0 Å². The summed E-state index contributed by atoms with van der Waals surface area (Å²) in [7, 11) is 0. The third-order valence-electron chi connectivity index (χ3n) is 3.09. The lowest BCUT2D eigenvalue weighted by Crippen LogP contribution is -2.36. The minimum absolute atomic E-state index is 0.000916. The van der Waals surface area contributed by atoms with Gasteiger partial charge in [0.15, 0.2) is 17.5 Å². The van der Waals surface area contributed by atoms with Crippen LogP contribution in [0.1, 0.15) is 11.6 Å². The minimum Gasteiger partial charge on any atom is -0.345 e. The van der Waals surface area contributed by atoms with Gasteiger partial charge in [-0.3, -0.25) is 0 Å². The zero-order valence-corrected chi connectivity index (χ0v) is 11.2. The molecule has 112 valence electrons. The SMILES string of the molecule is Fc1cc(Cl)cnc1N1CCn2c(nnc2C(F)(F)F)C1. The van der Waals surface area contributed by atoms with Crippen molar-refractivity contribution >= 4 is 17.4 Å². The third kappa shape index (κ3) is 2.53. The van der Waals surface area contributed by atoms with Crippen molar-refractivity contribution in [2.45, 2.75) is 19.3 Å². The fourth-order valence-electron chi connectivity index (χ4n) is 2.19. The zero-order valence-electron chi connectivity index (χ0n) is 10.4. The number of aromatic nitrogens is 4. The second kappa shape index (κ2) is 4.83. The van der Waals surface area contributed by atoms with Crippen LogP contribution in [-0.4, -0.2) is 26.3 Å². The Bertz CT molecular complexity index is 684. The molecule has 0 fully saturated rings. The van der Waals surface area contributed by atoms with Crippen LogP contribution in [0.15, 0.2) is 12.3 Å². The van der Waals surface area contributed by atoms with Gasteiger partial charge >= 0.3 is 6.18 Å². The van der Waals surface area contributed by atoms with E-state index in [1.165, 1.54) is 11.1 Å². The molecule has 2 aromatic rings. The smallest absolute Gasteiger partial charge is 0.345 e. The molecule has 3 heterocycles. The second-order valence-corrected chi connectivity index (χ2v) is 4.91. The highest BCUT2D eigenvalue weighted by atomic mass is 35.5. The van der Waals surface area contributed by atoms with Gasteiger partial charge in [-0.25, -0.2) is 9.37 Å². The molecule has 0 saturated heterocycles. The number of pyridine rings is 1. The van der Waals surface area contributed by atoms with E-state index < -0.39 is 17.8 Å². The maximum Gasteiger partial charge on any atom is 0.451 e. The lowest BCUT2D eigenvalue weighted by Gasteiger charge is -2.29. The van der Waals surface area contributed by atoms with Crippen molar-refractivity contribution in [2.75, 3.05) is 11.4 Å². The van der Waals surface area contributed by atoms with Gasteiger partial charge in [-0.1, -0.05) is 11.6 Å². The fourth-order valence-corrected chi connectivity index (χ4v) is 2.33. The monoisotopic (exact) mass is 321 g/mol. The van der Waals surface area contributed by atoms with Crippen molar-refractivity contribution in [3.05, 3.63) is 34.8 Å². The third-order valence-corrected chi connectivity index (χ3v) is 3.30. The lowest BCUT2D eigenvalue weighted by atomic mass is 10.3. The standard InChI is InChI=1S/C11H8ClF4N5/c12-6-3-7(13)9(17-4-6)20-1-2-21-8(5-20)18-19-10(21)11(14,15)16/h3-4H,1-2,5H2. The van der Waals surface area contributed by atoms with E-state index >= 15 is 0 Å². The number of nitrogens with zero attached hydrogens (tertiary/aromatic N) is 5. The van der Waals surface area contributed by atoms with Crippen molar-refractivity contribution in [2.24, 2.45) is 0 Å². The number of alkyl halides is 3. The van der Waals surface area contributed by atoms with Gasteiger partial charge in [-0.15, -0.1) is 10.2 Å². The summed E-state index contributed by atoms with van der Waals surface area (Å²) in [4.78, 5) is 5.37. The summed E-state index contributed by atoms with van der Waals surface area (Å²) in [6.45, 7) is 0.162. The van der Waals surface area contributed by atoms with Crippen LogP contribution in [0.4, 0.5) is 23.4 Å². The number of halogens is 5. The van der Waals surface area contributed by atoms with Gasteiger partial charge in [0.05, 0.1) is 11.6 Å². The van der Waals surface area contributed by atoms with E-state index in [0.717, 1.165) is 10.6 Å². The Balaban J connectivity index is 1.90. The summed E-state index contributed by atoms with van der Waals surface area (Å²) < 4.78 is 52.9. The fraction of sp³-hybridized carbons (Fsp3) is 0.364. The lowest BCUT2D eigenvalue weighted by molar-refractivity contribution is -0.147. The average molecular weight is 322 g/mol. The molecule has 0 aliphatic carbocycles. The van der Waals surface area contributed by atoms with E-state index in [1.807, 2.05) is 0 Å². The van der Waals surface area contributed by atoms with Crippen molar-refractivity contribution in [3.8, 4) is 0 Å². The molecular weight excluding hydrogens is 314 g/mol. The predicted octanol–water partition coefficient (Wildman–Crippen LogP) is 2.50. The van der Waals surface area contributed by atoms with Crippen molar-refractivity contribution in [1.29, 1.82) is 0 Å². The molecule has 1 aliphatic rings. The van der Waals surface area contributed by atoms with Crippen LogP contribution in [0.25, 0.3) is 0 Å². The molecule has 0 bridgehead atoms. The van der Waals surface area contributed by atoms with Crippen LogP contribution in [-0.2, 0) is 19.3 Å². The summed E-state index contributed by atoms with van der Waals surface area (Å²) in [5, 5.41) is 6.83. The van der Waals surface area contributed by atoms with Gasteiger partial charge in [0, 0.05) is 19.3 Å². The molecule has 0 spiro atoms. The average Bonchev–Trinajstić information content (AvgIpc) is 2.81. The molecule has 10 heteroatoms. The van der Waals surface area contributed by atoms with Crippen molar-refractivity contribution < 1.29 is 17.6 Å². The highest BCUT2D eigenvalue weighted by Crippen LogP contribution is 2.30. The summed E-state index contributed by atoms with van der Waals surface area (Å²) in [6, 6.07) is 1.10. The van der Waals surface area contributed by atoms with Crippen LogP contribution in [0.2, 0.25) is 5.02 Å². The van der Waals surface area contributed by atoms with Gasteiger partial charge < -0.3 is 9.47 Å². The molecule has 0 aromatic carbocycles. The molecule has 0 radical (unpaired) electrons. The Morgan fingerprint density at radius 3 is 2.62 bits per heavy atom. The predicted molar refractivity (Wildman–Crippen MR) is 65.3 cm³/mol. The van der Waals surface area contributed by atoms with Crippen LogP contribution in [0.3, 0.4) is 0 Å². The van der Waals surface area contributed by atoms with Crippen LogP contribution in [0.5, 0.6) is 0 Å². The van der Waals surface area contributed by atoms with Gasteiger partial charge in [0.2, 0.25) is 5.82 Å². The maximum atomic E-state index is 13.8. The molecule has 3 rings (SSSR count). The summed E-state index contributed by atoms with van der Waals surface area (Å²) in [5.74, 6) is -1.53. The molecule has 21 heavy (non-hydrogen) atoms. The molecule has 0 atom stereocenters. The van der Waals surface area contributed by atoms with Crippen LogP contribution in [0, 0.1) is 5.82 Å². The van der Waals surface area contributed by atoms with E-state index in [1.54, 1.807) is 0 Å². The van der Waals surface area contributed by atoms with Gasteiger partial charge in [-0.2, -0.15) is 13.2 Å². The number of hydrogen-bond donors (Lipinski definition) is 0. The Kier molecular flexibility index (Phi) is 3.23. The Hall–Kier alpha value is -1.90. The molecule has 0 N–H and O–H groups in total. The normalized spacial score (nSPS) is 15.2. The van der Waals surface area contributed by atoms with E-state index in [4.69, 9.17) is 11.6 Å². The Morgan fingerprint density at radius 1 is 1.19 bits per heavy atom. The van der Waals surface area contributed by atoms with Crippen LogP contribution < -0.4 is 4.90 Å². The first-order valence-electron chi connectivity index (χ1n) is 5.91. The highest BCUT2D eigenvalue weighted by molar-refractivity contribution is 6.30. The van der Waals surface area contributed by atoms with Crippen LogP contribution >= 0.6 is 11.6 Å². The topological polar surface area (TPSA) is 46.8 Å². The van der Waals surface area contributed by atoms with E-state index in [0.29, 0.717) is 0 Å². The van der Waals surface area contributed by atoms with Gasteiger partial charge in [0.25, 0.3) is 0 Å². The number of rotatable bonds is 1. The van der Waals surface area contributed by atoms with Crippen molar-refractivity contribution in [1.82, 2.24) is 19.7 Å². The van der Waals surface area contributed by atoms with Gasteiger partial charge in [0.1, 0.15) is 0 Å². The summed E-state index contributed by atoms with van der Waals surface area (Å²) in [6.07, 6.45) is -3.28.